The molecule has 1 heterocycles. The van der Waals surface area contributed by atoms with Crippen LogP contribution in [0.2, 0.25) is 10.0 Å². The summed E-state index contributed by atoms with van der Waals surface area (Å²) in [6.45, 7) is 2.86. The van der Waals surface area contributed by atoms with Crippen LogP contribution in [0.15, 0.2) is 109 Å². The van der Waals surface area contributed by atoms with E-state index in [4.69, 9.17) is 32.9 Å². The van der Waals surface area contributed by atoms with E-state index in [-0.39, 0.29) is 5.56 Å². The number of hydrogen-bond donors (Lipinski definition) is 1. The summed E-state index contributed by atoms with van der Waals surface area (Å²) in [5.74, 6) is 1.31. The zero-order valence-electron chi connectivity index (χ0n) is 23.2. The normalized spacial score (nSPS) is 11.3. The van der Waals surface area contributed by atoms with Gasteiger partial charge in [0.15, 0.2) is 0 Å². The van der Waals surface area contributed by atoms with Gasteiger partial charge in [0, 0.05) is 23.3 Å². The number of halogens is 2. The number of carbonyl (C=O) groups is 1. The molecule has 0 radical (unpaired) electrons. The van der Waals surface area contributed by atoms with E-state index < -0.39 is 5.97 Å². The molecule has 0 saturated heterocycles. The maximum atomic E-state index is 11.2. The standard InChI is InChI=1S/C36H26Cl2N2O3/c1-2-40-22-34(32-17-13-29(37)21-33(32)38)39-35(40)18-5-23-3-6-24(7-4-23)25-10-14-30(15-11-25)43-31-16-12-26-19-28(36(41)42)9-8-27(26)20-31/h3-22H,2H2,1H3,(H,41,42)/b18-5+. The van der Waals surface area contributed by atoms with Crippen LogP contribution in [0.1, 0.15) is 28.7 Å². The molecule has 0 saturated carbocycles. The average Bonchev–Trinajstić information content (AvgIpc) is 3.43. The Hall–Kier alpha value is -4.84. The van der Waals surface area contributed by atoms with Crippen LogP contribution in [0.3, 0.4) is 0 Å². The summed E-state index contributed by atoms with van der Waals surface area (Å²) in [6, 6.07) is 32.4. The van der Waals surface area contributed by atoms with Crippen molar-refractivity contribution >= 4 is 52.1 Å². The highest BCUT2D eigenvalue weighted by Gasteiger charge is 2.11. The maximum absolute atomic E-state index is 11.2. The summed E-state index contributed by atoms with van der Waals surface area (Å²) in [5.41, 5.74) is 5.15. The van der Waals surface area contributed by atoms with Crippen LogP contribution in [0.4, 0.5) is 0 Å². The molecule has 5 aromatic carbocycles. The van der Waals surface area contributed by atoms with Crippen molar-refractivity contribution in [2.24, 2.45) is 0 Å². The van der Waals surface area contributed by atoms with E-state index in [1.54, 1.807) is 24.3 Å². The molecule has 5 nitrogen and oxygen atoms in total. The summed E-state index contributed by atoms with van der Waals surface area (Å²) in [7, 11) is 0. The molecule has 7 heteroatoms. The highest BCUT2D eigenvalue weighted by atomic mass is 35.5. The van der Waals surface area contributed by atoms with Gasteiger partial charge in [-0.1, -0.05) is 77.8 Å². The predicted octanol–water partition coefficient (Wildman–Crippen LogP) is 10.4. The second-order valence-electron chi connectivity index (χ2n) is 10.0. The number of hydrogen-bond acceptors (Lipinski definition) is 3. The third kappa shape index (κ3) is 6.33. The van der Waals surface area contributed by atoms with Crippen molar-refractivity contribution in [1.82, 2.24) is 9.55 Å². The molecule has 1 aromatic heterocycles. The molecule has 1 N–H and O–H groups in total. The molecular formula is C36H26Cl2N2O3. The van der Waals surface area contributed by atoms with Crippen molar-refractivity contribution in [2.75, 3.05) is 0 Å². The number of aromatic nitrogens is 2. The lowest BCUT2D eigenvalue weighted by molar-refractivity contribution is 0.0697. The van der Waals surface area contributed by atoms with Gasteiger partial charge in [-0.3, -0.25) is 0 Å². The van der Waals surface area contributed by atoms with Crippen molar-refractivity contribution in [2.45, 2.75) is 13.5 Å². The monoisotopic (exact) mass is 604 g/mol. The summed E-state index contributed by atoms with van der Waals surface area (Å²) < 4.78 is 8.15. The third-order valence-corrected chi connectivity index (χ3v) is 7.72. The van der Waals surface area contributed by atoms with E-state index in [0.717, 1.165) is 56.8 Å². The lowest BCUT2D eigenvalue weighted by Crippen LogP contribution is -1.95. The summed E-state index contributed by atoms with van der Waals surface area (Å²) in [4.78, 5) is 16.0. The van der Waals surface area contributed by atoms with Gasteiger partial charge in [-0.05, 0) is 95.1 Å². The second kappa shape index (κ2) is 12.2. The SMILES string of the molecule is CCn1cc(-c2ccc(Cl)cc2Cl)nc1/C=C/c1ccc(-c2ccc(Oc3ccc4cc(C(=O)O)ccc4c3)cc2)cc1. The quantitative estimate of drug-likeness (QED) is 0.188. The summed E-state index contributed by atoms with van der Waals surface area (Å²) >= 11 is 12.5. The third-order valence-electron chi connectivity index (χ3n) is 7.17. The van der Waals surface area contributed by atoms with Crippen molar-refractivity contribution in [1.29, 1.82) is 0 Å². The molecule has 0 amide bonds. The van der Waals surface area contributed by atoms with Gasteiger partial charge in [-0.2, -0.15) is 0 Å². The highest BCUT2D eigenvalue weighted by molar-refractivity contribution is 6.36. The van der Waals surface area contributed by atoms with E-state index in [1.165, 1.54) is 0 Å². The smallest absolute Gasteiger partial charge is 0.335 e. The van der Waals surface area contributed by atoms with Crippen LogP contribution in [0, 0.1) is 0 Å². The predicted molar refractivity (Wildman–Crippen MR) is 175 cm³/mol. The lowest BCUT2D eigenvalue weighted by atomic mass is 10.0. The fourth-order valence-corrected chi connectivity index (χ4v) is 5.38. The van der Waals surface area contributed by atoms with Crippen LogP contribution in [-0.4, -0.2) is 20.6 Å². The Morgan fingerprint density at radius 2 is 1.49 bits per heavy atom. The Kier molecular flexibility index (Phi) is 8.01. The van der Waals surface area contributed by atoms with Crippen molar-refractivity contribution < 1.29 is 14.6 Å². The second-order valence-corrected chi connectivity index (χ2v) is 10.8. The van der Waals surface area contributed by atoms with Crippen molar-refractivity contribution in [3.05, 3.63) is 136 Å². The van der Waals surface area contributed by atoms with E-state index in [1.807, 2.05) is 66.9 Å². The molecule has 0 bridgehead atoms. The first-order chi connectivity index (χ1) is 20.9. The van der Waals surface area contributed by atoms with Gasteiger partial charge in [-0.25, -0.2) is 9.78 Å². The molecule has 0 spiro atoms. The molecular weight excluding hydrogens is 579 g/mol. The molecule has 0 atom stereocenters. The lowest BCUT2D eigenvalue weighted by Gasteiger charge is -2.09. The number of aryl methyl sites for hydroxylation is 1. The number of nitrogens with zero attached hydrogens (tertiary/aromatic N) is 2. The first-order valence-corrected chi connectivity index (χ1v) is 14.5. The number of benzene rings is 5. The van der Waals surface area contributed by atoms with Gasteiger partial charge >= 0.3 is 5.97 Å². The zero-order chi connectivity index (χ0) is 29.9. The molecule has 0 unspecified atom stereocenters. The first-order valence-electron chi connectivity index (χ1n) is 13.7. The van der Waals surface area contributed by atoms with E-state index in [0.29, 0.717) is 15.8 Å². The number of ether oxygens (including phenoxy) is 1. The Morgan fingerprint density at radius 1 is 0.814 bits per heavy atom. The van der Waals surface area contributed by atoms with Gasteiger partial charge in [0.1, 0.15) is 17.3 Å². The van der Waals surface area contributed by atoms with Crippen LogP contribution in [0.5, 0.6) is 11.5 Å². The van der Waals surface area contributed by atoms with Crippen molar-refractivity contribution in [3.8, 4) is 33.9 Å². The number of imidazole rings is 1. The van der Waals surface area contributed by atoms with E-state index >= 15 is 0 Å². The zero-order valence-corrected chi connectivity index (χ0v) is 24.7. The summed E-state index contributed by atoms with van der Waals surface area (Å²) in [6.07, 6.45) is 6.06. The van der Waals surface area contributed by atoms with E-state index in [9.17, 15) is 9.90 Å². The fourth-order valence-electron chi connectivity index (χ4n) is 4.87. The molecule has 0 fully saturated rings. The van der Waals surface area contributed by atoms with E-state index in [2.05, 4.69) is 41.8 Å². The number of aromatic carboxylic acids is 1. The Bertz CT molecular complexity index is 1980. The van der Waals surface area contributed by atoms with Gasteiger partial charge < -0.3 is 14.4 Å². The Balaban J connectivity index is 1.13. The molecule has 43 heavy (non-hydrogen) atoms. The molecule has 0 aliphatic rings. The Morgan fingerprint density at radius 3 is 2.19 bits per heavy atom. The van der Waals surface area contributed by atoms with Gasteiger partial charge in [0.05, 0.1) is 16.3 Å². The minimum absolute atomic E-state index is 0.263. The van der Waals surface area contributed by atoms with Crippen LogP contribution in [-0.2, 0) is 6.54 Å². The van der Waals surface area contributed by atoms with Crippen LogP contribution < -0.4 is 4.74 Å². The molecule has 212 valence electrons. The number of carboxylic acids is 1. The fraction of sp³-hybridized carbons (Fsp3) is 0.0556. The number of carboxylic acid groups (broad SMARTS) is 1. The topological polar surface area (TPSA) is 64.4 Å². The highest BCUT2D eigenvalue weighted by Crippen LogP contribution is 2.31. The molecule has 6 rings (SSSR count). The minimum Gasteiger partial charge on any atom is -0.478 e. The maximum Gasteiger partial charge on any atom is 0.335 e. The van der Waals surface area contributed by atoms with Crippen molar-refractivity contribution in [3.63, 3.8) is 0 Å². The first kappa shape index (κ1) is 28.3. The molecule has 6 aromatic rings. The minimum atomic E-state index is -0.941. The van der Waals surface area contributed by atoms with Gasteiger partial charge in [0.25, 0.3) is 0 Å². The molecule has 0 aliphatic heterocycles. The molecule has 0 aliphatic carbocycles. The Labute approximate surface area is 259 Å². The largest absolute Gasteiger partial charge is 0.478 e. The summed E-state index contributed by atoms with van der Waals surface area (Å²) in [5, 5.41) is 12.1. The number of rotatable bonds is 8. The van der Waals surface area contributed by atoms with Crippen LogP contribution >= 0.6 is 23.2 Å². The van der Waals surface area contributed by atoms with Gasteiger partial charge in [-0.15, -0.1) is 0 Å². The van der Waals surface area contributed by atoms with Gasteiger partial charge in [0.2, 0.25) is 0 Å². The number of fused-ring (bicyclic) bond motifs is 1. The average molecular weight is 606 g/mol. The van der Waals surface area contributed by atoms with Crippen LogP contribution in [0.25, 0.3) is 45.3 Å².